The molecule has 1 aliphatic carbocycles. The first-order valence-electron chi connectivity index (χ1n) is 7.27. The van der Waals surface area contributed by atoms with E-state index in [4.69, 9.17) is 5.73 Å². The van der Waals surface area contributed by atoms with Crippen LogP contribution in [0.1, 0.15) is 39.0 Å². The van der Waals surface area contributed by atoms with E-state index >= 15 is 0 Å². The lowest BCUT2D eigenvalue weighted by molar-refractivity contribution is -0.142. The average Bonchev–Trinajstić information content (AvgIpc) is 3.02. The van der Waals surface area contributed by atoms with Crippen molar-refractivity contribution in [1.29, 1.82) is 0 Å². The van der Waals surface area contributed by atoms with Gasteiger partial charge >= 0.3 is 0 Å². The van der Waals surface area contributed by atoms with Gasteiger partial charge in [0.1, 0.15) is 5.41 Å². The molecule has 2 amide bonds. The number of amides is 2. The van der Waals surface area contributed by atoms with Gasteiger partial charge in [-0.2, -0.15) is 0 Å². The molecule has 0 radical (unpaired) electrons. The average molecular weight is 267 g/mol. The Hall–Kier alpha value is -1.10. The molecule has 1 atom stereocenters. The Morgan fingerprint density at radius 3 is 2.37 bits per heavy atom. The van der Waals surface area contributed by atoms with Crippen molar-refractivity contribution in [2.45, 2.75) is 45.1 Å². The van der Waals surface area contributed by atoms with Crippen LogP contribution in [0.2, 0.25) is 0 Å². The van der Waals surface area contributed by atoms with Crippen molar-refractivity contribution in [2.24, 2.45) is 11.1 Å². The summed E-state index contributed by atoms with van der Waals surface area (Å²) in [5.41, 5.74) is 4.46. The van der Waals surface area contributed by atoms with Crippen molar-refractivity contribution < 1.29 is 9.59 Å². The Balaban J connectivity index is 1.79. The fraction of sp³-hybridized carbons (Fsp3) is 0.857. The van der Waals surface area contributed by atoms with Gasteiger partial charge in [-0.05, 0) is 52.1 Å². The van der Waals surface area contributed by atoms with Crippen molar-refractivity contribution in [3.8, 4) is 0 Å². The standard InChI is InChI=1S/C14H25N3O2/c1-11(17-8-3-4-9-17)5-10-16(2)13(19)14(6-7-14)12(15)18/h11H,3-10H2,1-2H3,(H2,15,18)/t11-/m0/s1. The molecule has 2 rings (SSSR count). The predicted molar refractivity (Wildman–Crippen MR) is 73.4 cm³/mol. The van der Waals surface area contributed by atoms with Gasteiger partial charge in [-0.25, -0.2) is 0 Å². The SMILES string of the molecule is C[C@@H](CCN(C)C(=O)C1(C(N)=O)CC1)N1CCCC1. The lowest BCUT2D eigenvalue weighted by atomic mass is 10.0. The number of rotatable bonds is 6. The Morgan fingerprint density at radius 2 is 1.89 bits per heavy atom. The first-order valence-corrected chi connectivity index (χ1v) is 7.27. The van der Waals surface area contributed by atoms with E-state index in [9.17, 15) is 9.59 Å². The molecule has 0 aromatic rings. The molecule has 0 unspecified atom stereocenters. The number of primary amides is 1. The number of carbonyl (C=O) groups is 2. The lowest BCUT2D eigenvalue weighted by Crippen LogP contribution is -2.43. The first-order chi connectivity index (χ1) is 8.97. The highest BCUT2D eigenvalue weighted by molar-refractivity contribution is 6.07. The third-order valence-electron chi connectivity index (χ3n) is 4.62. The molecule has 0 bridgehead atoms. The van der Waals surface area contributed by atoms with E-state index in [1.54, 1.807) is 11.9 Å². The maximum atomic E-state index is 12.2. The summed E-state index contributed by atoms with van der Waals surface area (Å²) in [5, 5.41) is 0. The van der Waals surface area contributed by atoms with E-state index in [-0.39, 0.29) is 5.91 Å². The van der Waals surface area contributed by atoms with E-state index in [1.807, 2.05) is 0 Å². The Morgan fingerprint density at radius 1 is 1.32 bits per heavy atom. The third kappa shape index (κ3) is 2.91. The highest BCUT2D eigenvalue weighted by Gasteiger charge is 2.56. The van der Waals surface area contributed by atoms with Crippen LogP contribution in [0.5, 0.6) is 0 Å². The van der Waals surface area contributed by atoms with Crippen LogP contribution in [0, 0.1) is 5.41 Å². The van der Waals surface area contributed by atoms with Crippen molar-refractivity contribution in [2.75, 3.05) is 26.7 Å². The van der Waals surface area contributed by atoms with Crippen molar-refractivity contribution in [1.82, 2.24) is 9.80 Å². The van der Waals surface area contributed by atoms with Gasteiger partial charge in [0.05, 0.1) is 0 Å². The number of likely N-dealkylation sites (tertiary alicyclic amines) is 1. The van der Waals surface area contributed by atoms with Gasteiger partial charge in [-0.1, -0.05) is 0 Å². The van der Waals surface area contributed by atoms with Crippen LogP contribution >= 0.6 is 0 Å². The van der Waals surface area contributed by atoms with Crippen LogP contribution in [0.15, 0.2) is 0 Å². The summed E-state index contributed by atoms with van der Waals surface area (Å²) < 4.78 is 0. The number of carbonyl (C=O) groups excluding carboxylic acids is 2. The molecule has 19 heavy (non-hydrogen) atoms. The Labute approximate surface area is 115 Å². The van der Waals surface area contributed by atoms with E-state index in [1.165, 1.54) is 25.9 Å². The van der Waals surface area contributed by atoms with E-state index < -0.39 is 11.3 Å². The fourth-order valence-corrected chi connectivity index (χ4v) is 2.90. The molecule has 0 aromatic carbocycles. The zero-order valence-electron chi connectivity index (χ0n) is 12.0. The number of nitrogens with two attached hydrogens (primary N) is 1. The summed E-state index contributed by atoms with van der Waals surface area (Å²) in [6.45, 7) is 5.25. The topological polar surface area (TPSA) is 66.6 Å². The lowest BCUT2D eigenvalue weighted by Gasteiger charge is -2.27. The molecule has 5 heteroatoms. The normalized spacial score (nSPS) is 23.1. The molecule has 0 spiro atoms. The second-order valence-electron chi connectivity index (χ2n) is 6.05. The molecule has 1 heterocycles. The Bertz CT molecular complexity index is 360. The largest absolute Gasteiger partial charge is 0.369 e. The second-order valence-corrected chi connectivity index (χ2v) is 6.05. The highest BCUT2D eigenvalue weighted by Crippen LogP contribution is 2.46. The van der Waals surface area contributed by atoms with Crippen molar-refractivity contribution in [3.05, 3.63) is 0 Å². The van der Waals surface area contributed by atoms with Gasteiger partial charge in [0, 0.05) is 19.6 Å². The summed E-state index contributed by atoms with van der Waals surface area (Å²) in [7, 11) is 1.78. The monoisotopic (exact) mass is 267 g/mol. The zero-order chi connectivity index (χ0) is 14.0. The van der Waals surface area contributed by atoms with Gasteiger partial charge < -0.3 is 15.5 Å². The van der Waals surface area contributed by atoms with Gasteiger partial charge in [-0.15, -0.1) is 0 Å². The zero-order valence-corrected chi connectivity index (χ0v) is 12.0. The molecule has 0 aromatic heterocycles. The molecule has 1 saturated carbocycles. The molecule has 1 saturated heterocycles. The van der Waals surface area contributed by atoms with Crippen LogP contribution in [0.25, 0.3) is 0 Å². The van der Waals surface area contributed by atoms with Crippen LogP contribution < -0.4 is 5.73 Å². The summed E-state index contributed by atoms with van der Waals surface area (Å²) >= 11 is 0. The molecular weight excluding hydrogens is 242 g/mol. The van der Waals surface area contributed by atoms with Crippen molar-refractivity contribution in [3.63, 3.8) is 0 Å². The first kappa shape index (κ1) is 14.3. The molecular formula is C14H25N3O2. The van der Waals surface area contributed by atoms with E-state index in [0.29, 0.717) is 25.4 Å². The summed E-state index contributed by atoms with van der Waals surface area (Å²) in [6, 6.07) is 0.501. The van der Waals surface area contributed by atoms with Gasteiger partial charge in [-0.3, -0.25) is 9.59 Å². The maximum Gasteiger partial charge on any atom is 0.238 e. The predicted octanol–water partition coefficient (Wildman–Crippen LogP) is 0.585. The van der Waals surface area contributed by atoms with Gasteiger partial charge in [0.25, 0.3) is 0 Å². The van der Waals surface area contributed by atoms with Gasteiger partial charge in [0.15, 0.2) is 0 Å². The molecule has 108 valence electrons. The molecule has 2 N–H and O–H groups in total. The second kappa shape index (κ2) is 5.49. The third-order valence-corrected chi connectivity index (χ3v) is 4.62. The number of hydrogen-bond acceptors (Lipinski definition) is 3. The minimum Gasteiger partial charge on any atom is -0.369 e. The van der Waals surface area contributed by atoms with E-state index in [0.717, 1.165) is 6.42 Å². The molecule has 1 aliphatic heterocycles. The van der Waals surface area contributed by atoms with Crippen LogP contribution in [-0.2, 0) is 9.59 Å². The minimum atomic E-state index is -0.869. The Kier molecular flexibility index (Phi) is 4.13. The summed E-state index contributed by atoms with van der Waals surface area (Å²) in [4.78, 5) is 27.7. The number of hydrogen-bond donors (Lipinski definition) is 1. The molecule has 2 aliphatic rings. The number of nitrogens with zero attached hydrogens (tertiary/aromatic N) is 2. The maximum absolute atomic E-state index is 12.2. The molecule has 5 nitrogen and oxygen atoms in total. The summed E-state index contributed by atoms with van der Waals surface area (Å²) in [5.74, 6) is -0.550. The van der Waals surface area contributed by atoms with E-state index in [2.05, 4.69) is 11.8 Å². The van der Waals surface area contributed by atoms with Crippen molar-refractivity contribution >= 4 is 11.8 Å². The van der Waals surface area contributed by atoms with Crippen LogP contribution in [0.3, 0.4) is 0 Å². The van der Waals surface area contributed by atoms with Gasteiger partial charge in [0.2, 0.25) is 11.8 Å². The fourth-order valence-electron chi connectivity index (χ4n) is 2.90. The smallest absolute Gasteiger partial charge is 0.238 e. The van der Waals surface area contributed by atoms with Crippen LogP contribution in [0.4, 0.5) is 0 Å². The summed E-state index contributed by atoms with van der Waals surface area (Å²) in [6.07, 6.45) is 4.76. The quantitative estimate of drug-likeness (QED) is 0.716. The van der Waals surface area contributed by atoms with Crippen LogP contribution in [-0.4, -0.2) is 54.3 Å². The molecule has 2 fully saturated rings. The minimum absolute atomic E-state index is 0.0892. The highest BCUT2D eigenvalue weighted by atomic mass is 16.2.